The van der Waals surface area contributed by atoms with Crippen LogP contribution in [-0.4, -0.2) is 48.0 Å². The maximum absolute atomic E-state index is 11.8. The smallest absolute Gasteiger partial charge is 0.413 e. The molecule has 0 aromatic carbocycles. The second-order valence-electron chi connectivity index (χ2n) is 6.65. The highest BCUT2D eigenvalue weighted by Gasteiger charge is 2.18. The number of amides is 1. The van der Waals surface area contributed by atoms with Crippen molar-refractivity contribution in [2.24, 2.45) is 0 Å². The van der Waals surface area contributed by atoms with E-state index in [9.17, 15) is 4.79 Å². The molecule has 0 aliphatic carbocycles. The predicted molar refractivity (Wildman–Crippen MR) is 98.2 cm³/mol. The van der Waals surface area contributed by atoms with Gasteiger partial charge in [-0.3, -0.25) is 5.32 Å². The lowest BCUT2D eigenvalue weighted by Crippen LogP contribution is -2.36. The molecule has 0 bridgehead atoms. The summed E-state index contributed by atoms with van der Waals surface area (Å²) in [6, 6.07) is 5.87. The first kappa shape index (κ1) is 17.6. The van der Waals surface area contributed by atoms with Gasteiger partial charge in [0, 0.05) is 18.5 Å². The Kier molecular flexibility index (Phi) is 5.19. The van der Waals surface area contributed by atoms with Crippen LogP contribution >= 0.6 is 11.3 Å². The fourth-order valence-corrected chi connectivity index (χ4v) is 3.06. The van der Waals surface area contributed by atoms with Crippen molar-refractivity contribution >= 4 is 28.4 Å². The van der Waals surface area contributed by atoms with E-state index in [0.29, 0.717) is 18.3 Å². The maximum atomic E-state index is 11.8. The molecule has 0 atom stereocenters. The van der Waals surface area contributed by atoms with E-state index in [1.165, 1.54) is 11.3 Å². The number of anilines is 2. The zero-order valence-electron chi connectivity index (χ0n) is 14.6. The summed E-state index contributed by atoms with van der Waals surface area (Å²) in [7, 11) is 0. The van der Waals surface area contributed by atoms with Gasteiger partial charge in [0.25, 0.3) is 0 Å². The van der Waals surface area contributed by atoms with Gasteiger partial charge in [0.2, 0.25) is 0 Å². The van der Waals surface area contributed by atoms with Crippen molar-refractivity contribution in [3.05, 3.63) is 23.6 Å². The SMILES string of the molecule is CC(C)(C)OC(=O)Nc1nc(-c2cccc(N3CCOCC3)n2)cs1. The summed E-state index contributed by atoms with van der Waals surface area (Å²) in [6.07, 6.45) is -0.511. The first-order valence-corrected chi connectivity index (χ1v) is 9.04. The highest BCUT2D eigenvalue weighted by molar-refractivity contribution is 7.14. The second-order valence-corrected chi connectivity index (χ2v) is 7.50. The van der Waals surface area contributed by atoms with Gasteiger partial charge in [0.1, 0.15) is 17.1 Å². The van der Waals surface area contributed by atoms with Crippen LogP contribution in [0, 0.1) is 0 Å². The molecule has 0 unspecified atom stereocenters. The summed E-state index contributed by atoms with van der Waals surface area (Å²) >= 11 is 1.34. The molecule has 3 heterocycles. The van der Waals surface area contributed by atoms with Crippen molar-refractivity contribution in [2.45, 2.75) is 26.4 Å². The lowest BCUT2D eigenvalue weighted by atomic mass is 10.2. The third-order valence-electron chi connectivity index (χ3n) is 3.44. The Morgan fingerprint density at radius 1 is 1.24 bits per heavy atom. The normalized spacial score (nSPS) is 15.1. The van der Waals surface area contributed by atoms with Crippen molar-refractivity contribution in [2.75, 3.05) is 36.5 Å². The number of aromatic nitrogens is 2. The Labute approximate surface area is 151 Å². The molecule has 3 rings (SSSR count). The van der Waals surface area contributed by atoms with Gasteiger partial charge < -0.3 is 14.4 Å². The van der Waals surface area contributed by atoms with Crippen LogP contribution in [0.1, 0.15) is 20.8 Å². The molecule has 25 heavy (non-hydrogen) atoms. The van der Waals surface area contributed by atoms with E-state index in [1.807, 2.05) is 44.4 Å². The second kappa shape index (κ2) is 7.37. The summed E-state index contributed by atoms with van der Waals surface area (Å²) in [5.74, 6) is 0.912. The van der Waals surface area contributed by atoms with Gasteiger partial charge in [-0.2, -0.15) is 0 Å². The number of morpholine rings is 1. The Morgan fingerprint density at radius 3 is 2.72 bits per heavy atom. The van der Waals surface area contributed by atoms with E-state index in [2.05, 4.69) is 20.2 Å². The number of carbonyl (C=O) groups excluding carboxylic acids is 1. The van der Waals surface area contributed by atoms with Crippen LogP contribution in [0.15, 0.2) is 23.6 Å². The molecule has 134 valence electrons. The average Bonchev–Trinajstić information content (AvgIpc) is 3.02. The van der Waals surface area contributed by atoms with Gasteiger partial charge in [-0.05, 0) is 32.9 Å². The molecule has 8 heteroatoms. The standard InChI is InChI=1S/C17H22N4O3S/c1-17(2,3)24-16(22)20-15-19-13(11-25-15)12-5-4-6-14(18-12)21-7-9-23-10-8-21/h4-6,11H,7-10H2,1-3H3,(H,19,20,22). The summed E-state index contributed by atoms with van der Waals surface area (Å²) in [4.78, 5) is 23.2. The molecular formula is C17H22N4O3S. The minimum Gasteiger partial charge on any atom is -0.444 e. The summed E-state index contributed by atoms with van der Waals surface area (Å²) in [6.45, 7) is 8.56. The van der Waals surface area contributed by atoms with Crippen LogP contribution in [-0.2, 0) is 9.47 Å². The van der Waals surface area contributed by atoms with E-state index in [1.54, 1.807) is 0 Å². The van der Waals surface area contributed by atoms with E-state index >= 15 is 0 Å². The first-order chi connectivity index (χ1) is 11.9. The van der Waals surface area contributed by atoms with Crippen molar-refractivity contribution in [3.63, 3.8) is 0 Å². The van der Waals surface area contributed by atoms with Crippen LogP contribution in [0.2, 0.25) is 0 Å². The topological polar surface area (TPSA) is 76.6 Å². The molecule has 1 saturated heterocycles. The van der Waals surface area contributed by atoms with E-state index in [4.69, 9.17) is 9.47 Å². The van der Waals surface area contributed by atoms with Gasteiger partial charge in [-0.25, -0.2) is 14.8 Å². The number of hydrogen-bond donors (Lipinski definition) is 1. The Balaban J connectivity index is 1.70. The number of thiazole rings is 1. The molecule has 2 aromatic heterocycles. The molecular weight excluding hydrogens is 340 g/mol. The lowest BCUT2D eigenvalue weighted by molar-refractivity contribution is 0.0636. The Hall–Kier alpha value is -2.19. The largest absolute Gasteiger partial charge is 0.444 e. The zero-order chi connectivity index (χ0) is 17.9. The van der Waals surface area contributed by atoms with Crippen LogP contribution in [0.3, 0.4) is 0 Å². The number of ether oxygens (including phenoxy) is 2. The monoisotopic (exact) mass is 362 g/mol. The van der Waals surface area contributed by atoms with Gasteiger partial charge in [0.05, 0.1) is 18.9 Å². The fourth-order valence-electron chi connectivity index (χ4n) is 2.37. The van der Waals surface area contributed by atoms with E-state index < -0.39 is 11.7 Å². The van der Waals surface area contributed by atoms with Crippen molar-refractivity contribution in [1.82, 2.24) is 9.97 Å². The molecule has 1 aliphatic rings. The maximum Gasteiger partial charge on any atom is 0.413 e. The molecule has 7 nitrogen and oxygen atoms in total. The molecule has 1 aliphatic heterocycles. The predicted octanol–water partition coefficient (Wildman–Crippen LogP) is 3.39. The van der Waals surface area contributed by atoms with Crippen LogP contribution in [0.5, 0.6) is 0 Å². The molecule has 0 saturated carbocycles. The molecule has 1 N–H and O–H groups in total. The Bertz CT molecular complexity index is 735. The van der Waals surface area contributed by atoms with E-state index in [-0.39, 0.29) is 0 Å². The van der Waals surface area contributed by atoms with Gasteiger partial charge in [-0.1, -0.05) is 6.07 Å². The first-order valence-electron chi connectivity index (χ1n) is 8.16. The van der Waals surface area contributed by atoms with Crippen LogP contribution < -0.4 is 10.2 Å². The third kappa shape index (κ3) is 4.90. The minimum absolute atomic E-state index is 0.489. The van der Waals surface area contributed by atoms with Crippen molar-refractivity contribution < 1.29 is 14.3 Å². The van der Waals surface area contributed by atoms with Gasteiger partial charge in [-0.15, -0.1) is 11.3 Å². The van der Waals surface area contributed by atoms with Crippen molar-refractivity contribution in [3.8, 4) is 11.4 Å². The van der Waals surface area contributed by atoms with E-state index in [0.717, 1.165) is 30.3 Å². The number of pyridine rings is 1. The van der Waals surface area contributed by atoms with Crippen LogP contribution in [0.4, 0.5) is 15.7 Å². The lowest BCUT2D eigenvalue weighted by Gasteiger charge is -2.27. The van der Waals surface area contributed by atoms with Gasteiger partial charge in [0.15, 0.2) is 5.13 Å². The molecule has 0 spiro atoms. The van der Waals surface area contributed by atoms with Gasteiger partial charge >= 0.3 is 6.09 Å². The summed E-state index contributed by atoms with van der Waals surface area (Å²) in [5, 5.41) is 5.02. The zero-order valence-corrected chi connectivity index (χ0v) is 15.4. The highest BCUT2D eigenvalue weighted by atomic mass is 32.1. The number of hydrogen-bond acceptors (Lipinski definition) is 7. The molecule has 1 amide bonds. The minimum atomic E-state index is -0.543. The average molecular weight is 362 g/mol. The highest BCUT2D eigenvalue weighted by Crippen LogP contribution is 2.26. The molecule has 2 aromatic rings. The number of nitrogens with one attached hydrogen (secondary N) is 1. The fraction of sp³-hybridized carbons (Fsp3) is 0.471. The molecule has 1 fully saturated rings. The molecule has 0 radical (unpaired) electrons. The quantitative estimate of drug-likeness (QED) is 0.902. The van der Waals surface area contributed by atoms with Crippen molar-refractivity contribution in [1.29, 1.82) is 0 Å². The Morgan fingerprint density at radius 2 is 2.00 bits per heavy atom. The third-order valence-corrected chi connectivity index (χ3v) is 4.20. The number of carbonyl (C=O) groups is 1. The number of nitrogens with zero attached hydrogens (tertiary/aromatic N) is 3. The van der Waals surface area contributed by atoms with Crippen LogP contribution in [0.25, 0.3) is 11.4 Å². The summed E-state index contributed by atoms with van der Waals surface area (Å²) < 4.78 is 10.6. The summed E-state index contributed by atoms with van der Waals surface area (Å²) in [5.41, 5.74) is 0.960. The number of rotatable bonds is 3.